The normalized spacial score (nSPS) is 11.1. The van der Waals surface area contributed by atoms with Gasteiger partial charge in [-0.1, -0.05) is 19.9 Å². The molecule has 0 saturated heterocycles. The van der Waals surface area contributed by atoms with Crippen molar-refractivity contribution in [3.05, 3.63) is 40.8 Å². The van der Waals surface area contributed by atoms with Gasteiger partial charge in [-0.15, -0.1) is 0 Å². The van der Waals surface area contributed by atoms with E-state index in [1.165, 1.54) is 13.0 Å². The highest BCUT2D eigenvalue weighted by molar-refractivity contribution is 5.86. The second-order valence-electron chi connectivity index (χ2n) is 4.75. The summed E-state index contributed by atoms with van der Waals surface area (Å²) in [4.78, 5) is 15.0. The number of nitrogens with zero attached hydrogens (tertiary/aromatic N) is 1. The highest BCUT2D eigenvalue weighted by Crippen LogP contribution is 2.31. The molecule has 0 radical (unpaired) electrons. The molecule has 1 aromatic carbocycles. The van der Waals surface area contributed by atoms with Crippen LogP contribution in [0.3, 0.4) is 0 Å². The van der Waals surface area contributed by atoms with Gasteiger partial charge in [0.15, 0.2) is 0 Å². The Morgan fingerprint density at radius 3 is 2.50 bits per heavy atom. The molecule has 6 heteroatoms. The Morgan fingerprint density at radius 1 is 1.35 bits per heavy atom. The maximum atomic E-state index is 14.0. The maximum Gasteiger partial charge on any atom is 0.373 e. The van der Waals surface area contributed by atoms with E-state index in [-0.39, 0.29) is 23.1 Å². The lowest BCUT2D eigenvalue weighted by atomic mass is 10.1. The Hall–Kier alpha value is -2.24. The quantitative estimate of drug-likeness (QED) is 0.930. The molecule has 106 valence electrons. The fraction of sp³-hybridized carbons (Fsp3) is 0.286. The highest BCUT2D eigenvalue weighted by atomic mass is 19.1. The molecular formula is C14H13F2NO3. The predicted molar refractivity (Wildman–Crippen MR) is 67.6 cm³/mol. The summed E-state index contributed by atoms with van der Waals surface area (Å²) >= 11 is 0. The number of rotatable bonds is 3. The Morgan fingerprint density at radius 2 is 2.00 bits per heavy atom. The number of aromatic carboxylic acids is 1. The van der Waals surface area contributed by atoms with Crippen LogP contribution in [0, 0.1) is 18.6 Å². The van der Waals surface area contributed by atoms with Crippen LogP contribution in [0.15, 0.2) is 16.5 Å². The topological polar surface area (TPSA) is 63.3 Å². The molecule has 4 nitrogen and oxygen atoms in total. The van der Waals surface area contributed by atoms with Crippen molar-refractivity contribution in [2.45, 2.75) is 26.7 Å². The molecule has 0 atom stereocenters. The molecular weight excluding hydrogens is 268 g/mol. The van der Waals surface area contributed by atoms with Gasteiger partial charge in [-0.25, -0.2) is 18.6 Å². The summed E-state index contributed by atoms with van der Waals surface area (Å²) in [5.74, 6) is -3.96. The van der Waals surface area contributed by atoms with E-state index >= 15 is 0 Å². The third-order valence-electron chi connectivity index (χ3n) is 2.89. The van der Waals surface area contributed by atoms with Crippen LogP contribution in [0.4, 0.5) is 8.78 Å². The van der Waals surface area contributed by atoms with E-state index in [9.17, 15) is 13.6 Å². The van der Waals surface area contributed by atoms with E-state index in [0.717, 1.165) is 6.07 Å². The largest absolute Gasteiger partial charge is 0.475 e. The standard InChI is InChI=1S/C14H13F2NO3/c1-6(2)11-12(14(18)19)20-13(17-11)9-8(15)5-4-7(3)10(9)16/h4-6H,1-3H3,(H,18,19). The Kier molecular flexibility index (Phi) is 3.57. The van der Waals surface area contributed by atoms with Crippen molar-refractivity contribution in [3.63, 3.8) is 0 Å². The summed E-state index contributed by atoms with van der Waals surface area (Å²) in [5, 5.41) is 9.05. The van der Waals surface area contributed by atoms with Gasteiger partial charge in [0.1, 0.15) is 17.2 Å². The molecule has 1 heterocycles. The molecule has 20 heavy (non-hydrogen) atoms. The Labute approximate surface area is 114 Å². The Balaban J connectivity index is 2.69. The van der Waals surface area contributed by atoms with Gasteiger partial charge in [-0.3, -0.25) is 0 Å². The van der Waals surface area contributed by atoms with Crippen LogP contribution in [0.2, 0.25) is 0 Å². The fourth-order valence-corrected chi connectivity index (χ4v) is 1.84. The SMILES string of the molecule is Cc1ccc(F)c(-c2nc(C(C)C)c(C(=O)O)o2)c1F. The van der Waals surface area contributed by atoms with Crippen molar-refractivity contribution in [3.8, 4) is 11.5 Å². The number of benzene rings is 1. The minimum absolute atomic E-state index is 0.160. The van der Waals surface area contributed by atoms with E-state index in [1.54, 1.807) is 13.8 Å². The summed E-state index contributed by atoms with van der Waals surface area (Å²) < 4.78 is 32.8. The average Bonchev–Trinajstić information content (AvgIpc) is 2.79. The maximum absolute atomic E-state index is 14.0. The van der Waals surface area contributed by atoms with E-state index in [2.05, 4.69) is 4.98 Å². The molecule has 0 amide bonds. The number of aromatic nitrogens is 1. The van der Waals surface area contributed by atoms with Gasteiger partial charge in [0.2, 0.25) is 11.7 Å². The van der Waals surface area contributed by atoms with Crippen LogP contribution >= 0.6 is 0 Å². The van der Waals surface area contributed by atoms with Crippen LogP contribution < -0.4 is 0 Å². The van der Waals surface area contributed by atoms with Gasteiger partial charge < -0.3 is 9.52 Å². The Bertz CT molecular complexity index is 677. The molecule has 0 bridgehead atoms. The highest BCUT2D eigenvalue weighted by Gasteiger charge is 2.26. The van der Waals surface area contributed by atoms with Gasteiger partial charge in [-0.2, -0.15) is 0 Å². The third-order valence-corrected chi connectivity index (χ3v) is 2.89. The summed E-state index contributed by atoms with van der Waals surface area (Å²) in [7, 11) is 0. The van der Waals surface area contributed by atoms with Gasteiger partial charge in [0.25, 0.3) is 0 Å². The monoisotopic (exact) mass is 281 g/mol. The van der Waals surface area contributed by atoms with Crippen molar-refractivity contribution >= 4 is 5.97 Å². The van der Waals surface area contributed by atoms with E-state index in [4.69, 9.17) is 9.52 Å². The van der Waals surface area contributed by atoms with Gasteiger partial charge in [-0.05, 0) is 24.5 Å². The molecule has 2 aromatic rings. The number of aryl methyl sites for hydroxylation is 1. The van der Waals surface area contributed by atoms with E-state index < -0.39 is 28.9 Å². The number of carbonyl (C=O) groups is 1. The van der Waals surface area contributed by atoms with Crippen LogP contribution in [0.1, 0.15) is 41.6 Å². The van der Waals surface area contributed by atoms with Gasteiger partial charge >= 0.3 is 5.97 Å². The molecule has 0 saturated carbocycles. The molecule has 2 rings (SSSR count). The molecule has 0 fully saturated rings. The zero-order valence-corrected chi connectivity index (χ0v) is 11.2. The van der Waals surface area contributed by atoms with E-state index in [0.29, 0.717) is 0 Å². The minimum Gasteiger partial charge on any atom is -0.475 e. The summed E-state index contributed by atoms with van der Waals surface area (Å²) in [6.45, 7) is 4.91. The van der Waals surface area contributed by atoms with Crippen LogP contribution in [-0.2, 0) is 0 Å². The fourth-order valence-electron chi connectivity index (χ4n) is 1.84. The minimum atomic E-state index is -1.32. The van der Waals surface area contributed by atoms with Crippen LogP contribution in [-0.4, -0.2) is 16.1 Å². The summed E-state index contributed by atoms with van der Waals surface area (Å²) in [6, 6.07) is 2.38. The first-order valence-corrected chi connectivity index (χ1v) is 6.02. The second-order valence-corrected chi connectivity index (χ2v) is 4.75. The van der Waals surface area contributed by atoms with Gasteiger partial charge in [0, 0.05) is 0 Å². The van der Waals surface area contributed by atoms with Crippen molar-refractivity contribution in [1.82, 2.24) is 4.98 Å². The molecule has 0 spiro atoms. The second kappa shape index (κ2) is 5.03. The lowest BCUT2D eigenvalue weighted by molar-refractivity contribution is 0.0661. The van der Waals surface area contributed by atoms with Crippen molar-refractivity contribution in [2.75, 3.05) is 0 Å². The first kappa shape index (κ1) is 14.2. The van der Waals surface area contributed by atoms with Crippen molar-refractivity contribution in [1.29, 1.82) is 0 Å². The first-order valence-electron chi connectivity index (χ1n) is 6.02. The third kappa shape index (κ3) is 2.29. The number of hydrogen-bond donors (Lipinski definition) is 1. The van der Waals surface area contributed by atoms with Crippen molar-refractivity contribution in [2.24, 2.45) is 0 Å². The molecule has 1 aromatic heterocycles. The molecule has 0 aliphatic rings. The van der Waals surface area contributed by atoms with Crippen LogP contribution in [0.25, 0.3) is 11.5 Å². The lowest BCUT2D eigenvalue weighted by Crippen LogP contribution is -2.01. The smallest absolute Gasteiger partial charge is 0.373 e. The van der Waals surface area contributed by atoms with Crippen LogP contribution in [0.5, 0.6) is 0 Å². The lowest BCUT2D eigenvalue weighted by Gasteiger charge is -2.03. The number of carboxylic acid groups (broad SMARTS) is 1. The molecule has 0 aliphatic carbocycles. The number of halogens is 2. The summed E-state index contributed by atoms with van der Waals surface area (Å²) in [6.07, 6.45) is 0. The summed E-state index contributed by atoms with van der Waals surface area (Å²) in [5.41, 5.74) is -0.0604. The van der Waals surface area contributed by atoms with E-state index in [1.807, 2.05) is 0 Å². The van der Waals surface area contributed by atoms with Crippen molar-refractivity contribution < 1.29 is 23.1 Å². The molecule has 1 N–H and O–H groups in total. The average molecular weight is 281 g/mol. The van der Waals surface area contributed by atoms with Gasteiger partial charge in [0.05, 0.1) is 5.69 Å². The zero-order valence-electron chi connectivity index (χ0n) is 11.2. The first-order chi connectivity index (χ1) is 9.32. The molecule has 0 unspecified atom stereocenters. The number of carboxylic acids is 1. The predicted octanol–water partition coefficient (Wildman–Crippen LogP) is 3.75. The number of oxazole rings is 1. The molecule has 0 aliphatic heterocycles. The zero-order chi connectivity index (χ0) is 15.0. The number of hydrogen-bond acceptors (Lipinski definition) is 3.